The zero-order chi connectivity index (χ0) is 21.8. The van der Waals surface area contributed by atoms with E-state index in [0.717, 1.165) is 22.3 Å². The summed E-state index contributed by atoms with van der Waals surface area (Å²) in [6, 6.07) is 15.0. The molecule has 0 aliphatic rings. The summed E-state index contributed by atoms with van der Waals surface area (Å²) >= 11 is 0. The Kier molecular flexibility index (Phi) is 5.70. The highest BCUT2D eigenvalue weighted by molar-refractivity contribution is 5.84. The van der Waals surface area contributed by atoms with Crippen LogP contribution in [-0.2, 0) is 0 Å². The summed E-state index contributed by atoms with van der Waals surface area (Å²) in [4.78, 5) is 13.3. The summed E-state index contributed by atoms with van der Waals surface area (Å²) in [6.07, 6.45) is 3.48. The van der Waals surface area contributed by atoms with Gasteiger partial charge in [-0.1, -0.05) is 6.07 Å². The first-order chi connectivity index (χ1) is 15.0. The lowest BCUT2D eigenvalue weighted by Gasteiger charge is -2.15. The largest absolute Gasteiger partial charge is 0.493 e. The smallest absolute Gasteiger partial charge is 0.229 e. The van der Waals surface area contributed by atoms with Crippen molar-refractivity contribution in [2.45, 2.75) is 20.0 Å². The Morgan fingerprint density at radius 1 is 0.903 bits per heavy atom. The Balaban J connectivity index is 1.51. The minimum absolute atomic E-state index is 0.0563. The first-order valence-electron chi connectivity index (χ1n) is 9.87. The maximum absolute atomic E-state index is 5.82. The molecule has 0 amide bonds. The lowest BCUT2D eigenvalue weighted by atomic mass is 10.2. The van der Waals surface area contributed by atoms with E-state index in [1.807, 2.05) is 56.3 Å². The van der Waals surface area contributed by atoms with Crippen molar-refractivity contribution in [3.8, 4) is 11.5 Å². The molecule has 4 rings (SSSR count). The van der Waals surface area contributed by atoms with Crippen LogP contribution in [0.2, 0.25) is 0 Å². The summed E-state index contributed by atoms with van der Waals surface area (Å²) in [5, 5.41) is 7.44. The van der Waals surface area contributed by atoms with Gasteiger partial charge in [-0.3, -0.25) is 4.98 Å². The van der Waals surface area contributed by atoms with Crippen molar-refractivity contribution in [2.24, 2.45) is 0 Å². The van der Waals surface area contributed by atoms with E-state index in [1.54, 1.807) is 25.6 Å². The van der Waals surface area contributed by atoms with Gasteiger partial charge in [-0.25, -0.2) is 4.98 Å². The molecule has 0 aliphatic heterocycles. The van der Waals surface area contributed by atoms with Crippen LogP contribution in [0.5, 0.6) is 11.5 Å². The van der Waals surface area contributed by atoms with Crippen molar-refractivity contribution in [3.05, 3.63) is 60.9 Å². The maximum Gasteiger partial charge on any atom is 0.229 e. The van der Waals surface area contributed by atoms with Gasteiger partial charge in [0.2, 0.25) is 5.95 Å². The molecule has 158 valence electrons. The fourth-order valence-electron chi connectivity index (χ4n) is 3.07. The van der Waals surface area contributed by atoms with Crippen LogP contribution in [0.25, 0.3) is 10.9 Å². The molecule has 0 unspecified atom stereocenters. The first-order valence-corrected chi connectivity index (χ1v) is 9.87. The Labute approximate surface area is 180 Å². The second-order valence-corrected chi connectivity index (χ2v) is 7.22. The van der Waals surface area contributed by atoms with E-state index < -0.39 is 0 Å². The third-order valence-electron chi connectivity index (χ3n) is 4.42. The van der Waals surface area contributed by atoms with Crippen molar-refractivity contribution in [1.82, 2.24) is 15.0 Å². The Hall–Kier alpha value is -4.07. The minimum Gasteiger partial charge on any atom is -0.493 e. The van der Waals surface area contributed by atoms with Gasteiger partial charge in [0, 0.05) is 29.0 Å². The Morgan fingerprint density at radius 3 is 2.58 bits per heavy atom. The number of benzene rings is 2. The molecule has 8 heteroatoms. The highest BCUT2D eigenvalue weighted by Gasteiger charge is 2.09. The topological polar surface area (TPSA) is 107 Å². The molecule has 2 aromatic carbocycles. The average Bonchev–Trinajstić information content (AvgIpc) is 2.75. The molecule has 0 saturated carbocycles. The van der Waals surface area contributed by atoms with Gasteiger partial charge >= 0.3 is 0 Å². The molecule has 4 N–H and O–H groups in total. The fourth-order valence-corrected chi connectivity index (χ4v) is 3.07. The minimum atomic E-state index is 0.0563. The van der Waals surface area contributed by atoms with Crippen molar-refractivity contribution < 1.29 is 9.47 Å². The molecule has 2 heterocycles. The summed E-state index contributed by atoms with van der Waals surface area (Å²) in [7, 11) is 1.61. The molecule has 0 fully saturated rings. The highest BCUT2D eigenvalue weighted by Crippen LogP contribution is 2.32. The molecule has 0 saturated heterocycles. The zero-order valence-corrected chi connectivity index (χ0v) is 17.6. The summed E-state index contributed by atoms with van der Waals surface area (Å²) < 4.78 is 11.2. The molecule has 0 spiro atoms. The number of hydrogen-bond acceptors (Lipinski definition) is 8. The monoisotopic (exact) mass is 416 g/mol. The number of nitrogens with two attached hydrogens (primary N) is 1. The van der Waals surface area contributed by atoms with Crippen LogP contribution in [0, 0.1) is 0 Å². The van der Waals surface area contributed by atoms with E-state index in [2.05, 4.69) is 25.6 Å². The van der Waals surface area contributed by atoms with E-state index in [-0.39, 0.29) is 6.10 Å². The summed E-state index contributed by atoms with van der Waals surface area (Å²) in [5.41, 5.74) is 8.95. The number of pyridine rings is 1. The molecule has 8 nitrogen and oxygen atoms in total. The fraction of sp³-hybridized carbons (Fsp3) is 0.174. The van der Waals surface area contributed by atoms with E-state index in [9.17, 15) is 0 Å². The maximum atomic E-state index is 5.82. The molecular formula is C23H24N6O2. The van der Waals surface area contributed by atoms with Gasteiger partial charge in [0.05, 0.1) is 30.6 Å². The number of rotatable bonds is 7. The number of nitrogens with zero attached hydrogens (tertiary/aromatic N) is 3. The van der Waals surface area contributed by atoms with Crippen molar-refractivity contribution in [1.29, 1.82) is 0 Å². The van der Waals surface area contributed by atoms with Crippen LogP contribution in [0.3, 0.4) is 0 Å². The van der Waals surface area contributed by atoms with Crippen LogP contribution in [0.1, 0.15) is 13.8 Å². The van der Waals surface area contributed by atoms with Crippen LogP contribution in [-0.4, -0.2) is 28.2 Å². The number of aromatic nitrogens is 3. The van der Waals surface area contributed by atoms with Crippen LogP contribution in [0.4, 0.5) is 28.8 Å². The third kappa shape index (κ3) is 4.92. The molecule has 0 aliphatic carbocycles. The van der Waals surface area contributed by atoms with Gasteiger partial charge in [-0.05, 0) is 50.2 Å². The van der Waals surface area contributed by atoms with Crippen LogP contribution >= 0.6 is 0 Å². The lowest BCUT2D eigenvalue weighted by Crippen LogP contribution is -2.07. The van der Waals surface area contributed by atoms with E-state index in [1.165, 1.54) is 0 Å². The number of nitrogens with one attached hydrogen (secondary N) is 2. The standard InChI is InChI=1S/C23H24N6O2/c1-14(2)31-20-7-6-17(12-21(20)30-3)28-23-25-9-8-22(29-23)27-18-10-15-4-5-16(24)11-19(15)26-13-18/h4-14H,24H2,1-3H3,(H2,25,27,28,29). The highest BCUT2D eigenvalue weighted by atomic mass is 16.5. The number of fused-ring (bicyclic) bond motifs is 1. The van der Waals surface area contributed by atoms with Gasteiger partial charge in [-0.15, -0.1) is 0 Å². The van der Waals surface area contributed by atoms with Crippen LogP contribution in [0.15, 0.2) is 60.9 Å². The van der Waals surface area contributed by atoms with E-state index in [4.69, 9.17) is 15.2 Å². The van der Waals surface area contributed by atoms with Crippen molar-refractivity contribution in [3.63, 3.8) is 0 Å². The number of methoxy groups -OCH3 is 1. The number of anilines is 5. The zero-order valence-electron chi connectivity index (χ0n) is 17.6. The molecule has 4 aromatic rings. The normalized spacial score (nSPS) is 10.8. The van der Waals surface area contributed by atoms with Crippen LogP contribution < -0.4 is 25.8 Å². The second kappa shape index (κ2) is 8.74. The molecule has 2 aromatic heterocycles. The van der Waals surface area contributed by atoms with Crippen molar-refractivity contribution in [2.75, 3.05) is 23.5 Å². The van der Waals surface area contributed by atoms with Gasteiger partial charge in [0.25, 0.3) is 0 Å². The molecule has 31 heavy (non-hydrogen) atoms. The average molecular weight is 416 g/mol. The summed E-state index contributed by atoms with van der Waals surface area (Å²) in [6.45, 7) is 3.94. The lowest BCUT2D eigenvalue weighted by molar-refractivity contribution is 0.230. The molecule has 0 atom stereocenters. The van der Waals surface area contributed by atoms with Gasteiger partial charge in [-0.2, -0.15) is 4.98 Å². The first kappa shape index (κ1) is 20.2. The van der Waals surface area contributed by atoms with E-state index in [0.29, 0.717) is 29.0 Å². The third-order valence-corrected chi connectivity index (χ3v) is 4.42. The molecular weight excluding hydrogens is 392 g/mol. The second-order valence-electron chi connectivity index (χ2n) is 7.22. The SMILES string of the molecule is COc1cc(Nc2nccc(Nc3cnc4cc(N)ccc4c3)n2)ccc1OC(C)C. The van der Waals surface area contributed by atoms with E-state index >= 15 is 0 Å². The quantitative estimate of drug-likeness (QED) is 0.366. The number of ether oxygens (including phenoxy) is 2. The molecule has 0 radical (unpaired) electrons. The number of hydrogen-bond donors (Lipinski definition) is 3. The predicted octanol–water partition coefficient (Wildman–Crippen LogP) is 4.89. The summed E-state index contributed by atoms with van der Waals surface area (Å²) in [5.74, 6) is 2.41. The van der Waals surface area contributed by atoms with Crippen molar-refractivity contribution >= 4 is 39.7 Å². The number of nitrogen functional groups attached to an aromatic ring is 1. The molecule has 0 bridgehead atoms. The van der Waals surface area contributed by atoms with Gasteiger partial charge in [0.1, 0.15) is 5.82 Å². The Morgan fingerprint density at radius 2 is 1.77 bits per heavy atom. The van der Waals surface area contributed by atoms with Gasteiger partial charge < -0.3 is 25.8 Å². The Bertz CT molecular complexity index is 1210. The van der Waals surface area contributed by atoms with Gasteiger partial charge in [0.15, 0.2) is 11.5 Å². The predicted molar refractivity (Wildman–Crippen MR) is 124 cm³/mol.